The molecule has 0 amide bonds. The van der Waals surface area contributed by atoms with Crippen molar-refractivity contribution in [3.8, 4) is 5.75 Å². The molecule has 0 bridgehead atoms. The molecule has 0 saturated heterocycles. The SMILES string of the molecule is COC(=O)c1ccc([C@@](Cc2ccccc2)(Nc2ccc(F)c(C(F)(F)F)c2)c2cc(F)cc(OC(F)(F)C(F)F)c2)cc1. The third-order valence-corrected chi connectivity index (χ3v) is 6.61. The number of carbonyl (C=O) groups is 1. The molecule has 4 aromatic rings. The molecule has 0 aliphatic heterocycles. The van der Waals surface area contributed by atoms with Gasteiger partial charge in [0.05, 0.1) is 23.8 Å². The summed E-state index contributed by atoms with van der Waals surface area (Å²) in [7, 11) is 1.13. The molecule has 13 heteroatoms. The molecule has 0 aliphatic carbocycles. The van der Waals surface area contributed by atoms with Crippen LogP contribution in [0.4, 0.5) is 45.2 Å². The normalized spacial score (nSPS) is 13.3. The van der Waals surface area contributed by atoms with Crippen molar-refractivity contribution in [1.29, 1.82) is 0 Å². The molecule has 0 radical (unpaired) electrons. The lowest BCUT2D eigenvalue weighted by atomic mass is 9.77. The van der Waals surface area contributed by atoms with Gasteiger partial charge in [-0.15, -0.1) is 0 Å². The van der Waals surface area contributed by atoms with Crippen molar-refractivity contribution in [2.75, 3.05) is 12.4 Å². The van der Waals surface area contributed by atoms with Gasteiger partial charge in [0.1, 0.15) is 17.4 Å². The summed E-state index contributed by atoms with van der Waals surface area (Å²) in [6, 6.07) is 17.6. The van der Waals surface area contributed by atoms with Crippen molar-refractivity contribution in [2.24, 2.45) is 0 Å². The van der Waals surface area contributed by atoms with E-state index in [0.29, 0.717) is 23.8 Å². The summed E-state index contributed by atoms with van der Waals surface area (Å²) in [5.41, 5.74) is -3.34. The molecule has 232 valence electrons. The summed E-state index contributed by atoms with van der Waals surface area (Å²) in [6.07, 6.45) is -14.6. The maximum atomic E-state index is 15.0. The summed E-state index contributed by atoms with van der Waals surface area (Å²) in [5.74, 6) is -4.52. The molecule has 0 aromatic heterocycles. The van der Waals surface area contributed by atoms with Crippen LogP contribution >= 0.6 is 0 Å². The maximum Gasteiger partial charge on any atom is 0.461 e. The van der Waals surface area contributed by atoms with Gasteiger partial charge in [-0.1, -0.05) is 42.5 Å². The molecule has 0 spiro atoms. The Morgan fingerprint density at radius 1 is 0.818 bits per heavy atom. The summed E-state index contributed by atoms with van der Waals surface area (Å²) in [5, 5.41) is 2.88. The van der Waals surface area contributed by atoms with Crippen LogP contribution in [0.1, 0.15) is 32.6 Å². The fraction of sp³-hybridized carbons (Fsp3) is 0.194. The van der Waals surface area contributed by atoms with Gasteiger partial charge in [-0.25, -0.2) is 13.6 Å². The van der Waals surface area contributed by atoms with Gasteiger partial charge in [-0.05, 0) is 59.2 Å². The minimum absolute atomic E-state index is 0.0610. The van der Waals surface area contributed by atoms with Crippen molar-refractivity contribution >= 4 is 11.7 Å². The number of hydrogen-bond donors (Lipinski definition) is 1. The van der Waals surface area contributed by atoms with Crippen LogP contribution in [0.25, 0.3) is 0 Å². The number of benzene rings is 4. The van der Waals surface area contributed by atoms with Crippen molar-refractivity contribution in [1.82, 2.24) is 0 Å². The molecule has 0 heterocycles. The van der Waals surface area contributed by atoms with E-state index in [1.165, 1.54) is 24.3 Å². The minimum atomic E-state index is -5.10. The van der Waals surface area contributed by atoms with Crippen LogP contribution < -0.4 is 10.1 Å². The van der Waals surface area contributed by atoms with E-state index in [9.17, 15) is 39.9 Å². The molecule has 4 nitrogen and oxygen atoms in total. The van der Waals surface area contributed by atoms with Gasteiger partial charge in [0.25, 0.3) is 0 Å². The zero-order valence-corrected chi connectivity index (χ0v) is 22.6. The van der Waals surface area contributed by atoms with Gasteiger partial charge in [0, 0.05) is 18.2 Å². The highest BCUT2D eigenvalue weighted by molar-refractivity contribution is 5.89. The number of methoxy groups -OCH3 is 1. The Labute approximate surface area is 245 Å². The first kappa shape index (κ1) is 32.2. The van der Waals surface area contributed by atoms with E-state index in [0.717, 1.165) is 25.3 Å². The highest BCUT2D eigenvalue weighted by Gasteiger charge is 2.45. The quantitative estimate of drug-likeness (QED) is 0.141. The van der Waals surface area contributed by atoms with Crippen molar-refractivity contribution in [3.05, 3.63) is 130 Å². The molecule has 1 N–H and O–H groups in total. The Kier molecular flexibility index (Phi) is 9.17. The number of rotatable bonds is 10. The molecule has 44 heavy (non-hydrogen) atoms. The molecule has 0 fully saturated rings. The molecular weight excluding hydrogens is 605 g/mol. The lowest BCUT2D eigenvalue weighted by Crippen LogP contribution is -2.40. The lowest BCUT2D eigenvalue weighted by molar-refractivity contribution is -0.253. The van der Waals surface area contributed by atoms with Gasteiger partial charge < -0.3 is 14.8 Å². The predicted molar refractivity (Wildman–Crippen MR) is 142 cm³/mol. The zero-order valence-electron chi connectivity index (χ0n) is 22.6. The van der Waals surface area contributed by atoms with Gasteiger partial charge in [-0.2, -0.15) is 30.7 Å². The van der Waals surface area contributed by atoms with Crippen LogP contribution in [0, 0.1) is 11.6 Å². The molecule has 4 aromatic carbocycles. The first-order valence-corrected chi connectivity index (χ1v) is 12.7. The fourth-order valence-electron chi connectivity index (χ4n) is 4.61. The molecule has 4 rings (SSSR count). The summed E-state index contributed by atoms with van der Waals surface area (Å²) < 4.78 is 133. The Morgan fingerprint density at radius 3 is 2.07 bits per heavy atom. The maximum absolute atomic E-state index is 15.0. The smallest absolute Gasteiger partial charge is 0.461 e. The molecular formula is C31H22F9NO3. The van der Waals surface area contributed by atoms with Gasteiger partial charge in [-0.3, -0.25) is 0 Å². The standard InChI is InChI=1S/C31H22F9NO3/c1-43-27(42)19-7-9-20(10-8-19)29(17-18-5-3-2-4-6-18,41-23-11-12-26(33)25(16-23)30(36,37)38)21-13-22(32)15-24(14-21)44-31(39,40)28(34)35/h2-16,28,41H,17H2,1H3/t29-/m1/s1. The number of alkyl halides is 7. The summed E-state index contributed by atoms with van der Waals surface area (Å²) in [6.45, 7) is 0. The average Bonchev–Trinajstić information content (AvgIpc) is 2.96. The number of hydrogen-bond acceptors (Lipinski definition) is 4. The van der Waals surface area contributed by atoms with Gasteiger partial charge in [0.2, 0.25) is 0 Å². The number of carbonyl (C=O) groups excluding carboxylic acids is 1. The van der Waals surface area contributed by atoms with Gasteiger partial charge >= 0.3 is 24.7 Å². The third kappa shape index (κ3) is 7.09. The van der Waals surface area contributed by atoms with Crippen LogP contribution in [0.5, 0.6) is 5.75 Å². The number of esters is 1. The lowest BCUT2D eigenvalue weighted by Gasteiger charge is -2.38. The van der Waals surface area contributed by atoms with Crippen molar-refractivity contribution in [3.63, 3.8) is 0 Å². The molecule has 0 unspecified atom stereocenters. The first-order chi connectivity index (χ1) is 20.6. The fourth-order valence-corrected chi connectivity index (χ4v) is 4.61. The summed E-state index contributed by atoms with van der Waals surface area (Å²) >= 11 is 0. The van der Waals surface area contributed by atoms with E-state index in [1.807, 2.05) is 0 Å². The van der Waals surface area contributed by atoms with E-state index in [4.69, 9.17) is 4.74 Å². The topological polar surface area (TPSA) is 47.6 Å². The highest BCUT2D eigenvalue weighted by atomic mass is 19.4. The number of anilines is 1. The molecule has 0 saturated carbocycles. The van der Waals surface area contributed by atoms with E-state index in [1.54, 1.807) is 30.3 Å². The average molecular weight is 628 g/mol. The monoisotopic (exact) mass is 627 g/mol. The Balaban J connectivity index is 2.01. The highest BCUT2D eigenvalue weighted by Crippen LogP contribution is 2.41. The Morgan fingerprint density at radius 2 is 1.48 bits per heavy atom. The van der Waals surface area contributed by atoms with Crippen LogP contribution in [0.3, 0.4) is 0 Å². The van der Waals surface area contributed by atoms with Crippen LogP contribution in [-0.2, 0) is 22.9 Å². The van der Waals surface area contributed by atoms with Crippen LogP contribution in [0.2, 0.25) is 0 Å². The zero-order chi connectivity index (χ0) is 32.3. The second kappa shape index (κ2) is 12.5. The van der Waals surface area contributed by atoms with Crippen molar-refractivity contribution in [2.45, 2.75) is 30.7 Å². The first-order valence-electron chi connectivity index (χ1n) is 12.7. The van der Waals surface area contributed by atoms with Gasteiger partial charge in [0.15, 0.2) is 0 Å². The van der Waals surface area contributed by atoms with Crippen molar-refractivity contribution < 1.29 is 53.8 Å². The number of halogens is 9. The van der Waals surface area contributed by atoms with Crippen LogP contribution in [0.15, 0.2) is 91.0 Å². The van der Waals surface area contributed by atoms with Crippen LogP contribution in [-0.4, -0.2) is 25.6 Å². The van der Waals surface area contributed by atoms with E-state index >= 15 is 4.39 Å². The predicted octanol–water partition coefficient (Wildman–Crippen LogP) is 8.61. The van der Waals surface area contributed by atoms with E-state index in [2.05, 4.69) is 10.1 Å². The Hall–Kier alpha value is -4.68. The molecule has 0 aliphatic rings. The second-order valence-electron chi connectivity index (χ2n) is 9.59. The Bertz CT molecular complexity index is 1610. The largest absolute Gasteiger partial charge is 0.465 e. The molecule has 1 atom stereocenters. The number of ether oxygens (including phenoxy) is 2. The van der Waals surface area contributed by atoms with E-state index < -0.39 is 53.2 Å². The second-order valence-corrected chi connectivity index (χ2v) is 9.59. The van der Waals surface area contributed by atoms with E-state index in [-0.39, 0.29) is 28.8 Å². The minimum Gasteiger partial charge on any atom is -0.465 e. The summed E-state index contributed by atoms with van der Waals surface area (Å²) in [4.78, 5) is 12.1. The number of nitrogens with one attached hydrogen (secondary N) is 1. The third-order valence-electron chi connectivity index (χ3n) is 6.61.